The second-order valence-electron chi connectivity index (χ2n) is 3.39. The van der Waals surface area contributed by atoms with E-state index in [-0.39, 0.29) is 17.5 Å². The molecule has 0 amide bonds. The lowest BCUT2D eigenvalue weighted by atomic mass is 10.0. The Labute approximate surface area is 82.7 Å². The molecule has 3 heteroatoms. The zero-order valence-electron chi connectivity index (χ0n) is 8.51. The fourth-order valence-electron chi connectivity index (χ4n) is 1.04. The highest BCUT2D eigenvalue weighted by molar-refractivity contribution is 7.16. The average molecular weight is 202 g/mol. The van der Waals surface area contributed by atoms with Gasteiger partial charge < -0.3 is 0 Å². The summed E-state index contributed by atoms with van der Waals surface area (Å²) in [5.74, 6) is 0.505. The Kier molecular flexibility index (Phi) is 7.07. The van der Waals surface area contributed by atoms with E-state index in [9.17, 15) is 9.59 Å². The normalized spacial score (nSPS) is 12.5. The van der Waals surface area contributed by atoms with Crippen molar-refractivity contribution in [2.75, 3.05) is 6.16 Å². The molecule has 0 N–H and O–H groups in total. The second-order valence-corrected chi connectivity index (χ2v) is 3.86. The number of hydrogen-bond acceptors (Lipinski definition) is 2. The highest BCUT2D eigenvalue weighted by atomic mass is 31.0. The summed E-state index contributed by atoms with van der Waals surface area (Å²) >= 11 is 0. The van der Waals surface area contributed by atoms with Crippen molar-refractivity contribution in [2.24, 2.45) is 5.92 Å². The van der Waals surface area contributed by atoms with Gasteiger partial charge in [0.05, 0.1) is 0 Å². The predicted molar refractivity (Wildman–Crippen MR) is 57.9 cm³/mol. The number of Topliss-reactive ketones (excluding diaryl/α,β-unsaturated/α-hetero) is 2. The third-order valence-electron chi connectivity index (χ3n) is 2.08. The molecule has 0 aromatic rings. The SMILES string of the molecule is CCCC(=O)CCC(=O)C(C)CP. The summed E-state index contributed by atoms with van der Waals surface area (Å²) in [5, 5.41) is 0. The first-order valence-electron chi connectivity index (χ1n) is 4.86. The van der Waals surface area contributed by atoms with Gasteiger partial charge in [-0.2, -0.15) is 0 Å². The van der Waals surface area contributed by atoms with E-state index in [1.165, 1.54) is 0 Å². The van der Waals surface area contributed by atoms with E-state index >= 15 is 0 Å². The molecule has 76 valence electrons. The van der Waals surface area contributed by atoms with Crippen molar-refractivity contribution in [1.82, 2.24) is 0 Å². The largest absolute Gasteiger partial charge is 0.300 e. The maximum atomic E-state index is 11.3. The average Bonchev–Trinajstić information content (AvgIpc) is 2.13. The monoisotopic (exact) mass is 202 g/mol. The van der Waals surface area contributed by atoms with Crippen LogP contribution in [-0.2, 0) is 9.59 Å². The van der Waals surface area contributed by atoms with E-state index in [1.807, 2.05) is 13.8 Å². The Hall–Kier alpha value is -0.230. The Morgan fingerprint density at radius 1 is 1.23 bits per heavy atom. The fraction of sp³-hybridized carbons (Fsp3) is 0.800. The van der Waals surface area contributed by atoms with Crippen LogP contribution in [0.2, 0.25) is 0 Å². The quantitative estimate of drug-likeness (QED) is 0.593. The van der Waals surface area contributed by atoms with Crippen LogP contribution in [-0.4, -0.2) is 17.7 Å². The van der Waals surface area contributed by atoms with Gasteiger partial charge in [-0.1, -0.05) is 13.8 Å². The molecule has 0 heterocycles. The van der Waals surface area contributed by atoms with E-state index in [1.54, 1.807) is 0 Å². The van der Waals surface area contributed by atoms with Gasteiger partial charge in [0.2, 0.25) is 0 Å². The topological polar surface area (TPSA) is 34.1 Å². The van der Waals surface area contributed by atoms with Gasteiger partial charge in [-0.15, -0.1) is 9.24 Å². The number of hydrogen-bond donors (Lipinski definition) is 0. The molecule has 13 heavy (non-hydrogen) atoms. The van der Waals surface area contributed by atoms with Crippen LogP contribution in [0.4, 0.5) is 0 Å². The molecule has 0 aliphatic carbocycles. The highest BCUT2D eigenvalue weighted by Gasteiger charge is 2.11. The van der Waals surface area contributed by atoms with E-state index in [2.05, 4.69) is 9.24 Å². The third-order valence-corrected chi connectivity index (χ3v) is 2.79. The molecule has 0 rings (SSSR count). The van der Waals surface area contributed by atoms with Crippen molar-refractivity contribution in [3.05, 3.63) is 0 Å². The molecule has 0 aromatic heterocycles. The van der Waals surface area contributed by atoms with Crippen LogP contribution < -0.4 is 0 Å². The molecule has 0 bridgehead atoms. The van der Waals surface area contributed by atoms with Gasteiger partial charge in [0.15, 0.2) is 0 Å². The highest BCUT2D eigenvalue weighted by Crippen LogP contribution is 2.07. The summed E-state index contributed by atoms with van der Waals surface area (Å²) in [4.78, 5) is 22.4. The van der Waals surface area contributed by atoms with Gasteiger partial charge in [0, 0.05) is 25.2 Å². The smallest absolute Gasteiger partial charge is 0.136 e. The molecule has 2 atom stereocenters. The van der Waals surface area contributed by atoms with Crippen LogP contribution >= 0.6 is 9.24 Å². The van der Waals surface area contributed by atoms with Crippen LogP contribution in [0, 0.1) is 5.92 Å². The first-order chi connectivity index (χ1) is 6.11. The van der Waals surface area contributed by atoms with E-state index in [4.69, 9.17) is 0 Å². The zero-order valence-corrected chi connectivity index (χ0v) is 9.66. The molecule has 2 nitrogen and oxygen atoms in total. The summed E-state index contributed by atoms with van der Waals surface area (Å²) < 4.78 is 0. The Morgan fingerprint density at radius 3 is 2.31 bits per heavy atom. The molecule has 0 saturated heterocycles. The summed E-state index contributed by atoms with van der Waals surface area (Å²) in [6, 6.07) is 0. The molecule has 0 aliphatic rings. The minimum absolute atomic E-state index is 0.0828. The predicted octanol–water partition coefficient (Wildman–Crippen LogP) is 2.22. The van der Waals surface area contributed by atoms with Crippen molar-refractivity contribution < 1.29 is 9.59 Å². The summed E-state index contributed by atoms with van der Waals surface area (Å²) in [7, 11) is 2.55. The standard InChI is InChI=1S/C10H19O2P/c1-3-4-9(11)5-6-10(12)8(2)7-13/h8H,3-7,13H2,1-2H3. The minimum Gasteiger partial charge on any atom is -0.300 e. The van der Waals surface area contributed by atoms with Crippen molar-refractivity contribution in [3.8, 4) is 0 Å². The molecule has 0 aliphatic heterocycles. The van der Waals surface area contributed by atoms with Crippen molar-refractivity contribution in [1.29, 1.82) is 0 Å². The van der Waals surface area contributed by atoms with Gasteiger partial charge in [-0.25, -0.2) is 0 Å². The van der Waals surface area contributed by atoms with Gasteiger partial charge in [0.25, 0.3) is 0 Å². The molecular formula is C10H19O2P. The summed E-state index contributed by atoms with van der Waals surface area (Å²) in [5.41, 5.74) is 0. The van der Waals surface area contributed by atoms with E-state index < -0.39 is 0 Å². The van der Waals surface area contributed by atoms with Crippen LogP contribution in [0.3, 0.4) is 0 Å². The van der Waals surface area contributed by atoms with Gasteiger partial charge in [-0.3, -0.25) is 9.59 Å². The maximum absolute atomic E-state index is 11.3. The fourth-order valence-corrected chi connectivity index (χ4v) is 1.31. The van der Waals surface area contributed by atoms with Crippen LogP contribution in [0.25, 0.3) is 0 Å². The lowest BCUT2D eigenvalue weighted by molar-refractivity contribution is -0.125. The van der Waals surface area contributed by atoms with E-state index in [0.717, 1.165) is 12.6 Å². The zero-order chi connectivity index (χ0) is 10.3. The Morgan fingerprint density at radius 2 is 1.85 bits per heavy atom. The third kappa shape index (κ3) is 5.93. The summed E-state index contributed by atoms with van der Waals surface area (Å²) in [6.07, 6.45) is 3.14. The number of ketones is 2. The van der Waals surface area contributed by atoms with Crippen LogP contribution in [0.5, 0.6) is 0 Å². The van der Waals surface area contributed by atoms with E-state index in [0.29, 0.717) is 19.3 Å². The molecule has 0 spiro atoms. The Bertz CT molecular complexity index is 178. The Balaban J connectivity index is 3.63. The number of carbonyl (C=O) groups is 2. The van der Waals surface area contributed by atoms with Crippen LogP contribution in [0.1, 0.15) is 39.5 Å². The van der Waals surface area contributed by atoms with Gasteiger partial charge in [-0.05, 0) is 12.6 Å². The maximum Gasteiger partial charge on any atom is 0.136 e. The van der Waals surface area contributed by atoms with Crippen molar-refractivity contribution in [3.63, 3.8) is 0 Å². The molecule has 0 aromatic carbocycles. The lowest BCUT2D eigenvalue weighted by Gasteiger charge is -2.05. The van der Waals surface area contributed by atoms with Gasteiger partial charge in [0.1, 0.15) is 11.6 Å². The lowest BCUT2D eigenvalue weighted by Crippen LogP contribution is -2.13. The molecule has 0 radical (unpaired) electrons. The van der Waals surface area contributed by atoms with Gasteiger partial charge >= 0.3 is 0 Å². The minimum atomic E-state index is 0.0828. The molecular weight excluding hydrogens is 183 g/mol. The second kappa shape index (κ2) is 7.20. The number of carbonyl (C=O) groups excluding carboxylic acids is 2. The first kappa shape index (κ1) is 12.8. The summed E-state index contributed by atoms with van der Waals surface area (Å²) in [6.45, 7) is 3.88. The molecule has 0 fully saturated rings. The van der Waals surface area contributed by atoms with Crippen molar-refractivity contribution >= 4 is 20.8 Å². The molecule has 0 saturated carbocycles. The molecule has 2 unspecified atom stereocenters. The first-order valence-corrected chi connectivity index (χ1v) is 5.68. The van der Waals surface area contributed by atoms with Crippen LogP contribution in [0.15, 0.2) is 0 Å². The van der Waals surface area contributed by atoms with Crippen molar-refractivity contribution in [2.45, 2.75) is 39.5 Å². The number of rotatable bonds is 7.